The van der Waals surface area contributed by atoms with Gasteiger partial charge in [-0.3, -0.25) is 4.68 Å². The molecule has 1 fully saturated rings. The smallest absolute Gasteiger partial charge is 0.0540 e. The molecule has 1 aliphatic rings. The minimum absolute atomic E-state index is 0.402. The third-order valence-electron chi connectivity index (χ3n) is 5.97. The third-order valence-corrected chi connectivity index (χ3v) is 5.97. The van der Waals surface area contributed by atoms with Crippen LogP contribution in [0.2, 0.25) is 0 Å². The molecule has 1 N–H and O–H groups in total. The number of rotatable bonds is 5. The minimum Gasteiger partial charge on any atom is -0.307 e. The lowest BCUT2D eigenvalue weighted by atomic mass is 9.69. The summed E-state index contributed by atoms with van der Waals surface area (Å²) in [6.07, 6.45) is 8.68. The summed E-state index contributed by atoms with van der Waals surface area (Å²) in [6.45, 7) is 11.6. The number of hydrogen-bond donors (Lipinski definition) is 1. The van der Waals surface area contributed by atoms with E-state index in [1.54, 1.807) is 0 Å². The van der Waals surface area contributed by atoms with Crippen LogP contribution in [0.25, 0.3) is 0 Å². The highest BCUT2D eigenvalue weighted by molar-refractivity contribution is 5.19. The Kier molecular flexibility index (Phi) is 5.13. The maximum atomic E-state index is 4.36. The first-order chi connectivity index (χ1) is 9.85. The van der Waals surface area contributed by atoms with Crippen LogP contribution in [-0.2, 0) is 7.05 Å². The summed E-state index contributed by atoms with van der Waals surface area (Å²) in [5.74, 6) is 0.899. The second-order valence-electron chi connectivity index (χ2n) is 7.59. The Morgan fingerprint density at radius 1 is 1.33 bits per heavy atom. The van der Waals surface area contributed by atoms with Crippen molar-refractivity contribution in [2.24, 2.45) is 18.4 Å². The average Bonchev–Trinajstić information content (AvgIpc) is 2.79. The van der Waals surface area contributed by atoms with Crippen molar-refractivity contribution in [2.75, 3.05) is 0 Å². The highest BCUT2D eigenvalue weighted by Crippen LogP contribution is 2.40. The van der Waals surface area contributed by atoms with Crippen molar-refractivity contribution in [2.45, 2.75) is 78.8 Å². The van der Waals surface area contributed by atoms with E-state index in [9.17, 15) is 0 Å². The largest absolute Gasteiger partial charge is 0.307 e. The second kappa shape index (κ2) is 6.51. The van der Waals surface area contributed by atoms with Crippen LogP contribution in [-0.4, -0.2) is 15.8 Å². The Morgan fingerprint density at radius 3 is 2.43 bits per heavy atom. The molecule has 0 aromatic carbocycles. The van der Waals surface area contributed by atoms with Crippen molar-refractivity contribution in [1.82, 2.24) is 15.1 Å². The van der Waals surface area contributed by atoms with Gasteiger partial charge >= 0.3 is 0 Å². The summed E-state index contributed by atoms with van der Waals surface area (Å²) in [5, 5.41) is 8.19. The summed E-state index contributed by atoms with van der Waals surface area (Å²) in [5.41, 5.74) is 3.13. The van der Waals surface area contributed by atoms with Gasteiger partial charge in [-0.2, -0.15) is 5.10 Å². The van der Waals surface area contributed by atoms with Gasteiger partial charge in [-0.1, -0.05) is 27.2 Å². The average molecular weight is 291 g/mol. The third kappa shape index (κ3) is 3.68. The van der Waals surface area contributed by atoms with E-state index in [2.05, 4.69) is 45.0 Å². The molecule has 120 valence electrons. The van der Waals surface area contributed by atoms with Gasteiger partial charge in [0, 0.05) is 30.4 Å². The lowest BCUT2D eigenvalue weighted by molar-refractivity contribution is 0.134. The van der Waals surface area contributed by atoms with Gasteiger partial charge in [-0.15, -0.1) is 0 Å². The number of nitrogens with one attached hydrogen (secondary N) is 1. The second-order valence-corrected chi connectivity index (χ2v) is 7.59. The van der Waals surface area contributed by atoms with Crippen molar-refractivity contribution in [1.29, 1.82) is 0 Å². The van der Waals surface area contributed by atoms with Gasteiger partial charge in [0.05, 0.1) is 6.20 Å². The van der Waals surface area contributed by atoms with Gasteiger partial charge in [0.2, 0.25) is 0 Å². The molecule has 3 heteroatoms. The van der Waals surface area contributed by atoms with E-state index in [4.69, 9.17) is 0 Å². The van der Waals surface area contributed by atoms with Crippen LogP contribution < -0.4 is 5.32 Å². The van der Waals surface area contributed by atoms with Gasteiger partial charge in [0.1, 0.15) is 0 Å². The molecular formula is C18H33N3. The fourth-order valence-electron chi connectivity index (χ4n) is 3.71. The molecule has 3 nitrogen and oxygen atoms in total. The predicted octanol–water partition coefficient (Wildman–Crippen LogP) is 4.37. The number of hydrogen-bond acceptors (Lipinski definition) is 2. The van der Waals surface area contributed by atoms with Crippen LogP contribution in [0.4, 0.5) is 0 Å². The fraction of sp³-hybridized carbons (Fsp3) is 0.833. The first kappa shape index (κ1) is 16.5. The van der Waals surface area contributed by atoms with Crippen LogP contribution in [0.5, 0.6) is 0 Å². The molecule has 2 rings (SSSR count). The summed E-state index contributed by atoms with van der Waals surface area (Å²) in [7, 11) is 2.02. The number of nitrogens with zero attached hydrogens (tertiary/aromatic N) is 2. The Bertz CT molecular complexity index is 453. The van der Waals surface area contributed by atoms with Crippen molar-refractivity contribution < 1.29 is 0 Å². The number of aryl methyl sites for hydroxylation is 1. The molecule has 0 radical (unpaired) electrons. The summed E-state index contributed by atoms with van der Waals surface area (Å²) in [4.78, 5) is 0. The van der Waals surface area contributed by atoms with E-state index >= 15 is 0 Å². The van der Waals surface area contributed by atoms with Crippen LogP contribution in [0.3, 0.4) is 0 Å². The molecule has 1 unspecified atom stereocenters. The molecule has 0 aliphatic heterocycles. The van der Waals surface area contributed by atoms with Gasteiger partial charge in [0.25, 0.3) is 0 Å². The summed E-state index contributed by atoms with van der Waals surface area (Å²) in [6, 6.07) is 1.07. The zero-order valence-corrected chi connectivity index (χ0v) is 14.7. The molecule has 1 aliphatic carbocycles. The van der Waals surface area contributed by atoms with Crippen LogP contribution in [0.15, 0.2) is 6.20 Å². The minimum atomic E-state index is 0.402. The van der Waals surface area contributed by atoms with Crippen molar-refractivity contribution >= 4 is 0 Å². The highest BCUT2D eigenvalue weighted by Gasteiger charge is 2.32. The van der Waals surface area contributed by atoms with Crippen LogP contribution in [0, 0.1) is 18.3 Å². The van der Waals surface area contributed by atoms with E-state index < -0.39 is 0 Å². The maximum absolute atomic E-state index is 4.36. The van der Waals surface area contributed by atoms with E-state index in [0.29, 0.717) is 17.5 Å². The molecule has 0 spiro atoms. The Balaban J connectivity index is 1.88. The molecule has 1 aromatic rings. The van der Waals surface area contributed by atoms with E-state index in [0.717, 1.165) is 5.92 Å². The Morgan fingerprint density at radius 2 is 1.95 bits per heavy atom. The molecule has 1 aromatic heterocycles. The van der Waals surface area contributed by atoms with Crippen molar-refractivity contribution in [3.8, 4) is 0 Å². The lowest BCUT2D eigenvalue weighted by Gasteiger charge is -2.39. The Hall–Kier alpha value is -0.830. The molecule has 0 amide bonds. The van der Waals surface area contributed by atoms with Crippen LogP contribution in [0.1, 0.15) is 77.1 Å². The topological polar surface area (TPSA) is 29.9 Å². The molecule has 1 heterocycles. The molecular weight excluding hydrogens is 258 g/mol. The fourth-order valence-corrected chi connectivity index (χ4v) is 3.71. The number of aromatic nitrogens is 2. The van der Waals surface area contributed by atoms with Gasteiger partial charge in [-0.25, -0.2) is 0 Å². The zero-order valence-electron chi connectivity index (χ0n) is 14.7. The lowest BCUT2D eigenvalue weighted by Crippen LogP contribution is -2.38. The van der Waals surface area contributed by atoms with Crippen molar-refractivity contribution in [3.05, 3.63) is 17.5 Å². The van der Waals surface area contributed by atoms with Gasteiger partial charge in [-0.05, 0) is 50.9 Å². The summed E-state index contributed by atoms with van der Waals surface area (Å²) >= 11 is 0. The predicted molar refractivity (Wildman–Crippen MR) is 89.3 cm³/mol. The summed E-state index contributed by atoms with van der Waals surface area (Å²) < 4.78 is 1.97. The van der Waals surface area contributed by atoms with Crippen molar-refractivity contribution in [3.63, 3.8) is 0 Å². The van der Waals surface area contributed by atoms with E-state index in [1.165, 1.54) is 43.4 Å². The van der Waals surface area contributed by atoms with Crippen LogP contribution >= 0.6 is 0 Å². The van der Waals surface area contributed by atoms with E-state index in [-0.39, 0.29) is 0 Å². The maximum Gasteiger partial charge on any atom is 0.0540 e. The molecule has 21 heavy (non-hydrogen) atoms. The Labute approximate surface area is 130 Å². The van der Waals surface area contributed by atoms with Gasteiger partial charge in [0.15, 0.2) is 0 Å². The van der Waals surface area contributed by atoms with E-state index in [1.807, 2.05) is 17.9 Å². The molecule has 1 saturated carbocycles. The first-order valence-electron chi connectivity index (χ1n) is 8.59. The van der Waals surface area contributed by atoms with Gasteiger partial charge < -0.3 is 5.32 Å². The molecule has 1 atom stereocenters. The monoisotopic (exact) mass is 291 g/mol. The highest BCUT2D eigenvalue weighted by atomic mass is 15.3. The normalized spacial score (nSPS) is 25.0. The SMILES string of the molecule is CCC(C)(C)C1CCC(NC(C)c2cnn(C)c2C)CC1. The molecule has 0 bridgehead atoms. The quantitative estimate of drug-likeness (QED) is 0.872. The standard InChI is InChI=1S/C18H33N3/c1-7-18(4,5)15-8-10-16(11-9-15)20-13(2)17-12-19-21(6)14(17)3/h12-13,15-16,20H,7-11H2,1-6H3. The molecule has 0 saturated heterocycles. The first-order valence-corrected chi connectivity index (χ1v) is 8.59. The zero-order chi connectivity index (χ0) is 15.6.